The molecular formula is C13H19NO. The average molecular weight is 205 g/mol. The van der Waals surface area contributed by atoms with Crippen molar-refractivity contribution in [1.29, 1.82) is 0 Å². The lowest BCUT2D eigenvalue weighted by Crippen LogP contribution is -2.38. The Balaban J connectivity index is 2.53. The summed E-state index contributed by atoms with van der Waals surface area (Å²) in [6, 6.07) is 0. The highest BCUT2D eigenvalue weighted by Gasteiger charge is 2.20. The molecule has 1 rings (SSSR count). The Kier molecular flexibility index (Phi) is 4.42. The molecule has 1 heterocycles. The van der Waals surface area contributed by atoms with Crippen LogP contribution < -0.4 is 0 Å². The van der Waals surface area contributed by atoms with Gasteiger partial charge in [0.15, 0.2) is 0 Å². The highest BCUT2D eigenvalue weighted by atomic mass is 16.2. The van der Waals surface area contributed by atoms with Gasteiger partial charge in [-0.1, -0.05) is 26.3 Å². The van der Waals surface area contributed by atoms with Crippen LogP contribution in [0.25, 0.3) is 0 Å². The third kappa shape index (κ3) is 3.79. The van der Waals surface area contributed by atoms with Crippen LogP contribution in [0.4, 0.5) is 0 Å². The first-order chi connectivity index (χ1) is 7.13. The molecule has 1 unspecified atom stereocenters. The summed E-state index contributed by atoms with van der Waals surface area (Å²) >= 11 is 0. The number of amides is 1. The van der Waals surface area contributed by atoms with E-state index in [1.807, 2.05) is 4.90 Å². The Hall–Kier alpha value is -1.23. The van der Waals surface area contributed by atoms with E-state index in [0.29, 0.717) is 11.8 Å². The van der Waals surface area contributed by atoms with Crippen LogP contribution in [-0.4, -0.2) is 23.9 Å². The standard InChI is InChI=1S/C13H19NO/c1-4-13(15)14-9-5-6-12(10-14)8-7-11(2)3/h4,11-12H,1,5-6,9-10H2,2-3H3. The fourth-order valence-electron chi connectivity index (χ4n) is 1.71. The van der Waals surface area contributed by atoms with Gasteiger partial charge in [-0.15, -0.1) is 5.92 Å². The minimum atomic E-state index is 0.0334. The van der Waals surface area contributed by atoms with Crippen LogP contribution in [0.3, 0.4) is 0 Å². The number of piperidine rings is 1. The predicted octanol–water partition coefficient (Wildman–Crippen LogP) is 2.07. The zero-order valence-electron chi connectivity index (χ0n) is 9.62. The molecule has 82 valence electrons. The van der Waals surface area contributed by atoms with Crippen LogP contribution in [0.15, 0.2) is 12.7 Å². The van der Waals surface area contributed by atoms with Crippen LogP contribution in [0.5, 0.6) is 0 Å². The molecule has 1 aliphatic rings. The maximum atomic E-state index is 11.4. The molecule has 0 bridgehead atoms. The van der Waals surface area contributed by atoms with Gasteiger partial charge >= 0.3 is 0 Å². The monoisotopic (exact) mass is 205 g/mol. The summed E-state index contributed by atoms with van der Waals surface area (Å²) in [5.74, 6) is 7.23. The predicted molar refractivity (Wildman–Crippen MR) is 62.1 cm³/mol. The van der Waals surface area contributed by atoms with E-state index in [4.69, 9.17) is 0 Å². The Morgan fingerprint density at radius 2 is 2.33 bits per heavy atom. The molecule has 2 nitrogen and oxygen atoms in total. The molecule has 15 heavy (non-hydrogen) atoms. The van der Waals surface area contributed by atoms with Crippen LogP contribution in [0.1, 0.15) is 26.7 Å². The Labute approximate surface area is 92.3 Å². The molecule has 0 aliphatic carbocycles. The summed E-state index contributed by atoms with van der Waals surface area (Å²) in [6.45, 7) is 9.30. The maximum Gasteiger partial charge on any atom is 0.245 e. The quantitative estimate of drug-likeness (QED) is 0.474. The van der Waals surface area contributed by atoms with Crippen molar-refractivity contribution in [3.8, 4) is 11.8 Å². The van der Waals surface area contributed by atoms with E-state index >= 15 is 0 Å². The lowest BCUT2D eigenvalue weighted by molar-refractivity contribution is -0.127. The van der Waals surface area contributed by atoms with Crippen molar-refractivity contribution in [2.45, 2.75) is 26.7 Å². The lowest BCUT2D eigenvalue weighted by atomic mass is 9.98. The molecule has 2 heteroatoms. The van der Waals surface area contributed by atoms with Crippen molar-refractivity contribution < 1.29 is 4.79 Å². The molecule has 1 aliphatic heterocycles. The largest absolute Gasteiger partial charge is 0.338 e. The van der Waals surface area contributed by atoms with E-state index in [2.05, 4.69) is 32.3 Å². The molecule has 1 saturated heterocycles. The minimum Gasteiger partial charge on any atom is -0.338 e. The molecule has 0 N–H and O–H groups in total. The Bertz CT molecular complexity index is 295. The normalized spacial score (nSPS) is 20.7. The van der Waals surface area contributed by atoms with E-state index in [1.54, 1.807) is 0 Å². The first kappa shape index (κ1) is 11.8. The third-order valence-electron chi connectivity index (χ3n) is 2.48. The van der Waals surface area contributed by atoms with E-state index in [9.17, 15) is 4.79 Å². The van der Waals surface area contributed by atoms with Gasteiger partial charge in [0.05, 0.1) is 0 Å². The second-order valence-electron chi connectivity index (χ2n) is 4.27. The van der Waals surface area contributed by atoms with Gasteiger partial charge in [-0.05, 0) is 18.9 Å². The summed E-state index contributed by atoms with van der Waals surface area (Å²) < 4.78 is 0. The van der Waals surface area contributed by atoms with Crippen molar-refractivity contribution in [1.82, 2.24) is 4.90 Å². The summed E-state index contributed by atoms with van der Waals surface area (Å²) in [5, 5.41) is 0. The second-order valence-corrected chi connectivity index (χ2v) is 4.27. The molecule has 0 saturated carbocycles. The number of rotatable bonds is 1. The average Bonchev–Trinajstić information content (AvgIpc) is 2.25. The summed E-state index contributed by atoms with van der Waals surface area (Å²) in [6.07, 6.45) is 3.55. The van der Waals surface area contributed by atoms with Crippen molar-refractivity contribution in [2.24, 2.45) is 11.8 Å². The van der Waals surface area contributed by atoms with Gasteiger partial charge in [0.1, 0.15) is 0 Å². The maximum absolute atomic E-state index is 11.4. The highest BCUT2D eigenvalue weighted by molar-refractivity contribution is 5.87. The molecule has 0 aromatic rings. The van der Waals surface area contributed by atoms with E-state index < -0.39 is 0 Å². The number of carbonyl (C=O) groups excluding carboxylic acids is 1. The minimum absolute atomic E-state index is 0.0334. The summed E-state index contributed by atoms with van der Waals surface area (Å²) in [4.78, 5) is 13.3. The number of nitrogens with zero attached hydrogens (tertiary/aromatic N) is 1. The molecule has 0 aromatic carbocycles. The van der Waals surface area contributed by atoms with Gasteiger partial charge in [0.25, 0.3) is 0 Å². The number of hydrogen-bond acceptors (Lipinski definition) is 1. The van der Waals surface area contributed by atoms with Gasteiger partial charge in [-0.25, -0.2) is 0 Å². The Morgan fingerprint density at radius 1 is 1.60 bits per heavy atom. The van der Waals surface area contributed by atoms with Crippen molar-refractivity contribution in [3.63, 3.8) is 0 Å². The molecule has 0 radical (unpaired) electrons. The van der Waals surface area contributed by atoms with Gasteiger partial charge in [-0.3, -0.25) is 4.79 Å². The van der Waals surface area contributed by atoms with Gasteiger partial charge in [0, 0.05) is 24.9 Å². The van der Waals surface area contributed by atoms with Crippen LogP contribution in [0.2, 0.25) is 0 Å². The van der Waals surface area contributed by atoms with Gasteiger partial charge < -0.3 is 4.90 Å². The van der Waals surface area contributed by atoms with Gasteiger partial charge in [0.2, 0.25) is 5.91 Å². The molecule has 1 fully saturated rings. The summed E-state index contributed by atoms with van der Waals surface area (Å²) in [5.41, 5.74) is 0. The lowest BCUT2D eigenvalue weighted by Gasteiger charge is -2.29. The number of likely N-dealkylation sites (tertiary alicyclic amines) is 1. The fraction of sp³-hybridized carbons (Fsp3) is 0.615. The molecule has 1 atom stereocenters. The van der Waals surface area contributed by atoms with Crippen molar-refractivity contribution in [3.05, 3.63) is 12.7 Å². The van der Waals surface area contributed by atoms with E-state index in [-0.39, 0.29) is 5.91 Å². The van der Waals surface area contributed by atoms with Crippen LogP contribution in [0, 0.1) is 23.7 Å². The Morgan fingerprint density at radius 3 is 2.93 bits per heavy atom. The second kappa shape index (κ2) is 5.60. The van der Waals surface area contributed by atoms with Crippen LogP contribution >= 0.6 is 0 Å². The zero-order chi connectivity index (χ0) is 11.3. The first-order valence-corrected chi connectivity index (χ1v) is 5.56. The molecule has 0 aromatic heterocycles. The molecule has 0 spiro atoms. The smallest absolute Gasteiger partial charge is 0.245 e. The van der Waals surface area contributed by atoms with Crippen molar-refractivity contribution in [2.75, 3.05) is 13.1 Å². The first-order valence-electron chi connectivity index (χ1n) is 5.56. The fourth-order valence-corrected chi connectivity index (χ4v) is 1.71. The topological polar surface area (TPSA) is 20.3 Å². The molecular weight excluding hydrogens is 186 g/mol. The third-order valence-corrected chi connectivity index (χ3v) is 2.48. The zero-order valence-corrected chi connectivity index (χ0v) is 9.62. The SMILES string of the molecule is C=CC(=O)N1CCCC(C#CC(C)C)C1. The number of carbonyl (C=O) groups is 1. The highest BCUT2D eigenvalue weighted by Crippen LogP contribution is 2.16. The summed E-state index contributed by atoms with van der Waals surface area (Å²) in [7, 11) is 0. The van der Waals surface area contributed by atoms with E-state index in [0.717, 1.165) is 25.9 Å². The van der Waals surface area contributed by atoms with Crippen LogP contribution in [-0.2, 0) is 4.79 Å². The van der Waals surface area contributed by atoms with Gasteiger partial charge in [-0.2, -0.15) is 0 Å². The van der Waals surface area contributed by atoms with E-state index in [1.165, 1.54) is 6.08 Å². The van der Waals surface area contributed by atoms with Crippen molar-refractivity contribution >= 4 is 5.91 Å². The number of hydrogen-bond donors (Lipinski definition) is 0. The molecule has 1 amide bonds.